The number of aliphatic hydroxyl groups is 2. The SMILES string of the molecule is CC(C)C(O)C(C)(C)CO.O=C1CCCCCN1.O=C=Nc1ccc(Cc2ccc(N=C=O)cc2)cc1. The second-order valence-corrected chi connectivity index (χ2v) is 9.91. The van der Waals surface area contributed by atoms with Crippen molar-refractivity contribution in [2.75, 3.05) is 13.2 Å². The van der Waals surface area contributed by atoms with Gasteiger partial charge in [0.2, 0.25) is 18.1 Å². The summed E-state index contributed by atoms with van der Waals surface area (Å²) in [5.41, 5.74) is 3.03. The third kappa shape index (κ3) is 12.9. The molecule has 1 aliphatic rings. The van der Waals surface area contributed by atoms with Gasteiger partial charge >= 0.3 is 0 Å². The van der Waals surface area contributed by atoms with Crippen molar-refractivity contribution in [2.24, 2.45) is 21.3 Å². The Balaban J connectivity index is 0.000000318. The Morgan fingerprint density at radius 2 is 1.38 bits per heavy atom. The highest BCUT2D eigenvalue weighted by molar-refractivity contribution is 5.75. The quantitative estimate of drug-likeness (QED) is 0.361. The Labute approximate surface area is 219 Å². The molecule has 1 fully saturated rings. The molecule has 0 saturated carbocycles. The van der Waals surface area contributed by atoms with E-state index in [1.165, 1.54) is 18.6 Å². The molecule has 0 aliphatic carbocycles. The molecule has 0 spiro atoms. The molecule has 200 valence electrons. The molecule has 8 heteroatoms. The smallest absolute Gasteiger partial charge is 0.240 e. The molecule has 1 amide bonds. The van der Waals surface area contributed by atoms with E-state index in [2.05, 4.69) is 15.3 Å². The summed E-state index contributed by atoms with van der Waals surface area (Å²) in [6.07, 6.45) is 7.53. The highest BCUT2D eigenvalue weighted by Gasteiger charge is 2.28. The van der Waals surface area contributed by atoms with Crippen molar-refractivity contribution in [1.29, 1.82) is 0 Å². The molecular formula is C29H39N3O5. The molecule has 1 aliphatic heterocycles. The lowest BCUT2D eigenvalue weighted by Gasteiger charge is -2.30. The van der Waals surface area contributed by atoms with Crippen molar-refractivity contribution in [1.82, 2.24) is 5.32 Å². The summed E-state index contributed by atoms with van der Waals surface area (Å²) in [7, 11) is 0. The first-order chi connectivity index (χ1) is 17.6. The van der Waals surface area contributed by atoms with Gasteiger partial charge in [0.1, 0.15) is 0 Å². The summed E-state index contributed by atoms with van der Waals surface area (Å²) in [6.45, 7) is 8.53. The van der Waals surface area contributed by atoms with Crippen LogP contribution in [0.4, 0.5) is 11.4 Å². The van der Waals surface area contributed by atoms with Crippen molar-refractivity contribution in [2.45, 2.75) is 65.9 Å². The minimum Gasteiger partial charge on any atom is -0.396 e. The van der Waals surface area contributed by atoms with E-state index in [1.807, 2.05) is 52.0 Å². The predicted molar refractivity (Wildman–Crippen MR) is 144 cm³/mol. The van der Waals surface area contributed by atoms with Crippen molar-refractivity contribution in [3.05, 3.63) is 59.7 Å². The van der Waals surface area contributed by atoms with Gasteiger partial charge < -0.3 is 15.5 Å². The number of isocyanates is 2. The van der Waals surface area contributed by atoms with Crippen LogP contribution in [0.25, 0.3) is 0 Å². The Morgan fingerprint density at radius 3 is 1.76 bits per heavy atom. The molecule has 1 heterocycles. The molecule has 1 atom stereocenters. The molecular weight excluding hydrogens is 470 g/mol. The van der Waals surface area contributed by atoms with Crippen LogP contribution in [0.2, 0.25) is 0 Å². The number of amides is 1. The van der Waals surface area contributed by atoms with E-state index in [0.717, 1.165) is 43.4 Å². The van der Waals surface area contributed by atoms with Crippen LogP contribution in [-0.2, 0) is 20.8 Å². The minimum atomic E-state index is -0.419. The van der Waals surface area contributed by atoms with Crippen LogP contribution >= 0.6 is 0 Å². The summed E-state index contributed by atoms with van der Waals surface area (Å²) >= 11 is 0. The Hall–Kier alpha value is -3.41. The lowest BCUT2D eigenvalue weighted by atomic mass is 9.82. The fourth-order valence-corrected chi connectivity index (χ4v) is 3.62. The molecule has 2 aromatic rings. The monoisotopic (exact) mass is 509 g/mol. The number of nitrogens with one attached hydrogen (secondary N) is 1. The summed E-state index contributed by atoms with van der Waals surface area (Å²) in [5.74, 6) is 0.435. The summed E-state index contributed by atoms with van der Waals surface area (Å²) in [6, 6.07) is 14.7. The highest BCUT2D eigenvalue weighted by Crippen LogP contribution is 2.24. The number of hydrogen-bond acceptors (Lipinski definition) is 7. The number of carbonyl (C=O) groups excluding carboxylic acids is 3. The van der Waals surface area contributed by atoms with E-state index in [9.17, 15) is 19.5 Å². The summed E-state index contributed by atoms with van der Waals surface area (Å²) in [5, 5.41) is 21.2. The van der Waals surface area contributed by atoms with Crippen LogP contribution in [-0.4, -0.2) is 47.5 Å². The van der Waals surface area contributed by atoms with Crippen LogP contribution in [0.1, 0.15) is 64.5 Å². The van der Waals surface area contributed by atoms with Gasteiger partial charge in [0.25, 0.3) is 0 Å². The molecule has 37 heavy (non-hydrogen) atoms. The normalized spacial score (nSPS) is 13.8. The van der Waals surface area contributed by atoms with E-state index >= 15 is 0 Å². The molecule has 1 unspecified atom stereocenters. The fourth-order valence-electron chi connectivity index (χ4n) is 3.62. The predicted octanol–water partition coefficient (Wildman–Crippen LogP) is 4.91. The van der Waals surface area contributed by atoms with Crippen LogP contribution in [0.3, 0.4) is 0 Å². The van der Waals surface area contributed by atoms with Gasteiger partial charge in [-0.3, -0.25) is 4.79 Å². The maximum absolute atomic E-state index is 10.6. The number of hydrogen-bond donors (Lipinski definition) is 3. The van der Waals surface area contributed by atoms with Gasteiger partial charge in [-0.05, 0) is 60.6 Å². The van der Waals surface area contributed by atoms with Gasteiger partial charge in [-0.2, -0.15) is 9.98 Å². The number of rotatable bonds is 7. The zero-order valence-corrected chi connectivity index (χ0v) is 22.2. The second kappa shape index (κ2) is 17.1. The zero-order chi connectivity index (χ0) is 27.7. The van der Waals surface area contributed by atoms with Gasteiger partial charge in [0.05, 0.1) is 24.1 Å². The fraction of sp³-hybridized carbons (Fsp3) is 0.483. The van der Waals surface area contributed by atoms with Crippen LogP contribution in [0.5, 0.6) is 0 Å². The molecule has 0 radical (unpaired) electrons. The van der Waals surface area contributed by atoms with Gasteiger partial charge in [0, 0.05) is 18.4 Å². The minimum absolute atomic E-state index is 0.0341. The molecule has 8 nitrogen and oxygen atoms in total. The van der Waals surface area contributed by atoms with Crippen LogP contribution in [0.15, 0.2) is 58.5 Å². The molecule has 0 bridgehead atoms. The molecule has 0 aromatic heterocycles. The van der Waals surface area contributed by atoms with Crippen LogP contribution in [0, 0.1) is 11.3 Å². The largest absolute Gasteiger partial charge is 0.396 e. The maximum atomic E-state index is 10.6. The first kappa shape index (κ1) is 31.6. The van der Waals surface area contributed by atoms with Crippen molar-refractivity contribution < 1.29 is 24.6 Å². The van der Waals surface area contributed by atoms with E-state index in [-0.39, 0.29) is 23.8 Å². The Morgan fingerprint density at radius 1 is 0.892 bits per heavy atom. The van der Waals surface area contributed by atoms with E-state index in [1.54, 1.807) is 24.3 Å². The second-order valence-electron chi connectivity index (χ2n) is 9.91. The highest BCUT2D eigenvalue weighted by atomic mass is 16.3. The number of aliphatic imine (C=N–C) groups is 2. The van der Waals surface area contributed by atoms with Crippen molar-refractivity contribution in [3.63, 3.8) is 0 Å². The molecule has 3 N–H and O–H groups in total. The van der Waals surface area contributed by atoms with Gasteiger partial charge in [-0.25, -0.2) is 9.59 Å². The van der Waals surface area contributed by atoms with Gasteiger partial charge in [-0.15, -0.1) is 0 Å². The zero-order valence-electron chi connectivity index (χ0n) is 22.2. The molecule has 3 rings (SSSR count). The average Bonchev–Trinajstić information content (AvgIpc) is 3.14. The number of carbonyl (C=O) groups is 1. The summed E-state index contributed by atoms with van der Waals surface area (Å²) in [4.78, 5) is 37.9. The number of benzene rings is 2. The topological polar surface area (TPSA) is 128 Å². The Bertz CT molecular complexity index is 967. The van der Waals surface area contributed by atoms with Crippen LogP contribution < -0.4 is 5.32 Å². The third-order valence-corrected chi connectivity index (χ3v) is 5.87. The first-order valence-corrected chi connectivity index (χ1v) is 12.5. The van der Waals surface area contributed by atoms with E-state index in [0.29, 0.717) is 11.4 Å². The number of aliphatic hydroxyl groups excluding tert-OH is 2. The van der Waals surface area contributed by atoms with Crippen molar-refractivity contribution in [3.8, 4) is 0 Å². The van der Waals surface area contributed by atoms with Gasteiger partial charge in [-0.1, -0.05) is 58.4 Å². The maximum Gasteiger partial charge on any atom is 0.240 e. The summed E-state index contributed by atoms with van der Waals surface area (Å²) < 4.78 is 0. The lowest BCUT2D eigenvalue weighted by Crippen LogP contribution is -2.36. The Kier molecular flexibility index (Phi) is 14.6. The average molecular weight is 510 g/mol. The van der Waals surface area contributed by atoms with E-state index in [4.69, 9.17) is 5.11 Å². The van der Waals surface area contributed by atoms with Gasteiger partial charge in [0.15, 0.2) is 0 Å². The third-order valence-electron chi connectivity index (χ3n) is 5.87. The number of nitrogens with zero attached hydrogens (tertiary/aromatic N) is 2. The van der Waals surface area contributed by atoms with Crippen molar-refractivity contribution >= 4 is 29.4 Å². The molecule has 2 aromatic carbocycles. The standard InChI is InChI=1S/C15H10N2O2.C8H18O2.C6H11NO/c18-10-16-14-5-1-12(2-6-14)9-13-3-7-15(8-4-13)17-11-19;1-6(2)7(10)8(3,4)5-9;8-6-4-2-1-3-5-7-6/h1-8H,9H2;6-7,9-10H,5H2,1-4H3;1-5H2,(H,7,8). The van der Waals surface area contributed by atoms with E-state index < -0.39 is 6.10 Å². The first-order valence-electron chi connectivity index (χ1n) is 12.5. The molecule has 1 saturated heterocycles. The lowest BCUT2D eigenvalue weighted by molar-refractivity contribution is -0.120.